The number of rotatable bonds is 3. The van der Waals surface area contributed by atoms with Crippen LogP contribution in [0.2, 0.25) is 0 Å². The Bertz CT molecular complexity index is 990. The quantitative estimate of drug-likeness (QED) is 0.780. The number of fused-ring (bicyclic) bond motifs is 1. The lowest BCUT2D eigenvalue weighted by molar-refractivity contribution is 0.601. The summed E-state index contributed by atoms with van der Waals surface area (Å²) < 4.78 is 27.4. The van der Waals surface area contributed by atoms with Crippen molar-refractivity contribution in [2.75, 3.05) is 4.72 Å². The number of aromatic amines is 1. The van der Waals surface area contributed by atoms with Crippen molar-refractivity contribution in [3.63, 3.8) is 0 Å². The topological polar surface area (TPSA) is 79.0 Å². The second-order valence-electron chi connectivity index (χ2n) is 4.99. The number of pyridine rings is 1. The monoisotopic (exact) mass is 314 g/mol. The van der Waals surface area contributed by atoms with Crippen molar-refractivity contribution in [2.45, 2.75) is 11.8 Å². The van der Waals surface area contributed by atoms with E-state index in [1.54, 1.807) is 48.5 Å². The van der Waals surface area contributed by atoms with Crippen molar-refractivity contribution in [3.05, 3.63) is 70.6 Å². The SMILES string of the molecule is Cc1ccc(S(=O)(=O)Nc2cccc3c(=O)[nH]ccc23)cc1. The fourth-order valence-electron chi connectivity index (χ4n) is 2.23. The molecule has 1 aromatic heterocycles. The van der Waals surface area contributed by atoms with Gasteiger partial charge >= 0.3 is 0 Å². The van der Waals surface area contributed by atoms with E-state index in [4.69, 9.17) is 0 Å². The van der Waals surface area contributed by atoms with E-state index in [-0.39, 0.29) is 10.5 Å². The van der Waals surface area contributed by atoms with Crippen LogP contribution in [0.4, 0.5) is 5.69 Å². The molecule has 0 unspecified atom stereocenters. The van der Waals surface area contributed by atoms with Crippen LogP contribution in [0.25, 0.3) is 10.8 Å². The zero-order chi connectivity index (χ0) is 15.7. The van der Waals surface area contributed by atoms with Crippen LogP contribution in [0.1, 0.15) is 5.56 Å². The average Bonchev–Trinajstić information content (AvgIpc) is 2.48. The summed E-state index contributed by atoms with van der Waals surface area (Å²) in [5, 5.41) is 0.994. The number of aryl methyl sites for hydroxylation is 1. The van der Waals surface area contributed by atoms with Gasteiger partial charge in [0, 0.05) is 17.0 Å². The Morgan fingerprint density at radius 1 is 0.955 bits per heavy atom. The largest absolute Gasteiger partial charge is 0.329 e. The van der Waals surface area contributed by atoms with E-state index in [0.717, 1.165) is 5.56 Å². The molecule has 2 N–H and O–H groups in total. The second-order valence-corrected chi connectivity index (χ2v) is 6.67. The van der Waals surface area contributed by atoms with Gasteiger partial charge in [0.25, 0.3) is 15.6 Å². The maximum absolute atomic E-state index is 12.4. The van der Waals surface area contributed by atoms with Crippen LogP contribution in [0.5, 0.6) is 0 Å². The van der Waals surface area contributed by atoms with Crippen molar-refractivity contribution in [1.82, 2.24) is 4.98 Å². The van der Waals surface area contributed by atoms with E-state index >= 15 is 0 Å². The van der Waals surface area contributed by atoms with Crippen LogP contribution >= 0.6 is 0 Å². The number of aromatic nitrogens is 1. The molecule has 0 aliphatic carbocycles. The van der Waals surface area contributed by atoms with Gasteiger partial charge in [-0.25, -0.2) is 8.42 Å². The summed E-state index contributed by atoms with van der Waals surface area (Å²) in [7, 11) is -3.70. The smallest absolute Gasteiger partial charge is 0.261 e. The molecule has 0 saturated heterocycles. The van der Waals surface area contributed by atoms with Crippen LogP contribution in [0, 0.1) is 6.92 Å². The number of benzene rings is 2. The number of sulfonamides is 1. The first-order valence-corrected chi connectivity index (χ1v) is 8.15. The lowest BCUT2D eigenvalue weighted by Crippen LogP contribution is -2.14. The zero-order valence-corrected chi connectivity index (χ0v) is 12.6. The van der Waals surface area contributed by atoms with Gasteiger partial charge in [-0.1, -0.05) is 23.8 Å². The molecule has 3 aromatic rings. The van der Waals surface area contributed by atoms with Gasteiger partial charge in [-0.2, -0.15) is 0 Å². The minimum Gasteiger partial charge on any atom is -0.329 e. The van der Waals surface area contributed by atoms with Crippen molar-refractivity contribution in [3.8, 4) is 0 Å². The molecular weight excluding hydrogens is 300 g/mol. The summed E-state index contributed by atoms with van der Waals surface area (Å²) in [4.78, 5) is 14.5. The number of anilines is 1. The molecule has 6 heteroatoms. The third-order valence-corrected chi connectivity index (χ3v) is 4.77. The average molecular weight is 314 g/mol. The van der Waals surface area contributed by atoms with Crippen LogP contribution in [-0.4, -0.2) is 13.4 Å². The van der Waals surface area contributed by atoms with Gasteiger partial charge in [0.15, 0.2) is 0 Å². The second kappa shape index (κ2) is 5.31. The highest BCUT2D eigenvalue weighted by atomic mass is 32.2. The molecule has 2 aromatic carbocycles. The molecule has 3 rings (SSSR count). The summed E-state index contributed by atoms with van der Waals surface area (Å²) in [5.41, 5.74) is 1.11. The van der Waals surface area contributed by atoms with Crippen LogP contribution in [-0.2, 0) is 10.0 Å². The number of hydrogen-bond donors (Lipinski definition) is 2. The summed E-state index contributed by atoms with van der Waals surface area (Å²) in [5.74, 6) is 0. The molecule has 1 heterocycles. The normalized spacial score (nSPS) is 11.5. The lowest BCUT2D eigenvalue weighted by atomic mass is 10.1. The lowest BCUT2D eigenvalue weighted by Gasteiger charge is -2.10. The Hall–Kier alpha value is -2.60. The Morgan fingerprint density at radius 2 is 1.68 bits per heavy atom. The molecular formula is C16H14N2O3S. The highest BCUT2D eigenvalue weighted by Crippen LogP contribution is 2.23. The fraction of sp³-hybridized carbons (Fsp3) is 0.0625. The van der Waals surface area contributed by atoms with E-state index in [2.05, 4.69) is 9.71 Å². The molecule has 22 heavy (non-hydrogen) atoms. The van der Waals surface area contributed by atoms with Crippen LogP contribution < -0.4 is 10.3 Å². The molecule has 0 aliphatic rings. The van der Waals surface area contributed by atoms with Gasteiger partial charge in [0.2, 0.25) is 0 Å². The minimum absolute atomic E-state index is 0.181. The maximum atomic E-state index is 12.4. The molecule has 0 saturated carbocycles. The number of nitrogens with one attached hydrogen (secondary N) is 2. The summed E-state index contributed by atoms with van der Waals surface area (Å²) >= 11 is 0. The van der Waals surface area contributed by atoms with Crippen LogP contribution in [0.3, 0.4) is 0 Å². The van der Waals surface area contributed by atoms with Crippen molar-refractivity contribution >= 4 is 26.5 Å². The molecule has 0 fully saturated rings. The molecule has 0 bridgehead atoms. The van der Waals surface area contributed by atoms with Gasteiger partial charge in [-0.3, -0.25) is 9.52 Å². The predicted octanol–water partition coefficient (Wildman–Crippen LogP) is 2.64. The molecule has 5 nitrogen and oxygen atoms in total. The van der Waals surface area contributed by atoms with E-state index in [9.17, 15) is 13.2 Å². The third kappa shape index (κ3) is 2.60. The first kappa shape index (κ1) is 14.3. The maximum Gasteiger partial charge on any atom is 0.261 e. The van der Waals surface area contributed by atoms with Crippen molar-refractivity contribution < 1.29 is 8.42 Å². The first-order valence-electron chi connectivity index (χ1n) is 6.67. The van der Waals surface area contributed by atoms with E-state index < -0.39 is 10.0 Å². The zero-order valence-electron chi connectivity index (χ0n) is 11.8. The summed E-state index contributed by atoms with van der Waals surface area (Å²) in [6.45, 7) is 1.89. The van der Waals surface area contributed by atoms with Gasteiger partial charge in [-0.05, 0) is 37.3 Å². The number of hydrogen-bond acceptors (Lipinski definition) is 3. The van der Waals surface area contributed by atoms with Gasteiger partial charge in [0.1, 0.15) is 0 Å². The van der Waals surface area contributed by atoms with Crippen molar-refractivity contribution in [2.24, 2.45) is 0 Å². The Kier molecular flexibility index (Phi) is 3.46. The molecule has 112 valence electrons. The van der Waals surface area contributed by atoms with Crippen molar-refractivity contribution in [1.29, 1.82) is 0 Å². The Morgan fingerprint density at radius 3 is 2.41 bits per heavy atom. The molecule has 0 spiro atoms. The standard InChI is InChI=1S/C16H14N2O3S/c1-11-5-7-12(8-6-11)22(20,21)18-15-4-2-3-14-13(15)9-10-17-16(14)19/h2-10,18H,1H3,(H,17,19). The van der Waals surface area contributed by atoms with E-state index in [1.807, 2.05) is 6.92 Å². The van der Waals surface area contributed by atoms with Gasteiger partial charge in [-0.15, -0.1) is 0 Å². The minimum atomic E-state index is -3.70. The van der Waals surface area contributed by atoms with Gasteiger partial charge < -0.3 is 4.98 Å². The predicted molar refractivity (Wildman–Crippen MR) is 86.6 cm³/mol. The van der Waals surface area contributed by atoms with E-state index in [0.29, 0.717) is 16.5 Å². The van der Waals surface area contributed by atoms with Gasteiger partial charge in [0.05, 0.1) is 10.6 Å². The summed E-state index contributed by atoms with van der Waals surface area (Å²) in [6.07, 6.45) is 1.49. The highest BCUT2D eigenvalue weighted by molar-refractivity contribution is 7.92. The molecule has 0 atom stereocenters. The van der Waals surface area contributed by atoms with Crippen LogP contribution in [0.15, 0.2) is 64.4 Å². The number of H-pyrrole nitrogens is 1. The summed E-state index contributed by atoms with van der Waals surface area (Å²) in [6, 6.07) is 13.2. The van der Waals surface area contributed by atoms with E-state index in [1.165, 1.54) is 6.20 Å². The highest BCUT2D eigenvalue weighted by Gasteiger charge is 2.15. The molecule has 0 radical (unpaired) electrons. The molecule has 0 aliphatic heterocycles. The Balaban J connectivity index is 2.08. The molecule has 0 amide bonds. The first-order chi connectivity index (χ1) is 10.5. The fourth-order valence-corrected chi connectivity index (χ4v) is 3.31. The third-order valence-electron chi connectivity index (χ3n) is 3.39. The Labute approximate surface area is 127 Å².